The largest absolute Gasteiger partial charge is 0.270 e. The fourth-order valence-electron chi connectivity index (χ4n) is 2.01. The number of hydrogen-bond acceptors (Lipinski definition) is 4. The van der Waals surface area contributed by atoms with Crippen molar-refractivity contribution in [2.45, 2.75) is 11.8 Å². The van der Waals surface area contributed by atoms with Gasteiger partial charge in [-0.2, -0.15) is 0 Å². The van der Waals surface area contributed by atoms with Crippen LogP contribution < -0.4 is 4.31 Å². The third-order valence-electron chi connectivity index (χ3n) is 3.02. The summed E-state index contributed by atoms with van der Waals surface area (Å²) in [6.45, 7) is 1.55. The lowest BCUT2D eigenvalue weighted by atomic mass is 10.3. The van der Waals surface area contributed by atoms with Gasteiger partial charge < -0.3 is 0 Å². The Morgan fingerprint density at radius 1 is 1.18 bits per heavy atom. The van der Waals surface area contributed by atoms with E-state index >= 15 is 0 Å². The Morgan fingerprint density at radius 2 is 1.86 bits per heavy atom. The normalized spacial score (nSPS) is 11.2. The van der Waals surface area contributed by atoms with Crippen molar-refractivity contribution in [2.75, 3.05) is 10.8 Å². The van der Waals surface area contributed by atoms with Crippen molar-refractivity contribution in [3.63, 3.8) is 0 Å². The standard InChI is InChI=1S/C14H13FN2O4S/c1-2-16(14-9-4-3-8-13(14)15)22(20,21)12-7-5-6-11(10-12)17(18)19/h3-10H,2H2,1H3. The van der Waals surface area contributed by atoms with E-state index in [1.165, 1.54) is 36.4 Å². The average molecular weight is 324 g/mol. The Kier molecular flexibility index (Phi) is 4.41. The molecular formula is C14H13FN2O4S. The number of nitro benzene ring substituents is 1. The number of hydrogen-bond donors (Lipinski definition) is 0. The first kappa shape index (κ1) is 15.9. The molecule has 2 rings (SSSR count). The summed E-state index contributed by atoms with van der Waals surface area (Å²) in [6, 6.07) is 10.1. The molecule has 0 unspecified atom stereocenters. The highest BCUT2D eigenvalue weighted by Gasteiger charge is 2.26. The first-order valence-electron chi connectivity index (χ1n) is 6.39. The second kappa shape index (κ2) is 6.10. The molecule has 0 saturated carbocycles. The average Bonchev–Trinajstić information content (AvgIpc) is 2.50. The van der Waals surface area contributed by atoms with E-state index in [1.54, 1.807) is 6.92 Å². The van der Waals surface area contributed by atoms with Crippen molar-refractivity contribution in [2.24, 2.45) is 0 Å². The van der Waals surface area contributed by atoms with Gasteiger partial charge in [-0.05, 0) is 25.1 Å². The van der Waals surface area contributed by atoms with E-state index in [2.05, 4.69) is 0 Å². The number of nitro groups is 1. The minimum absolute atomic E-state index is 0.00798. The number of anilines is 1. The SMILES string of the molecule is CCN(c1ccccc1F)S(=O)(=O)c1cccc([N+](=O)[O-])c1. The van der Waals surface area contributed by atoms with Crippen LogP contribution in [0.15, 0.2) is 53.4 Å². The highest BCUT2D eigenvalue weighted by atomic mass is 32.2. The summed E-state index contributed by atoms with van der Waals surface area (Å²) in [5.41, 5.74) is -0.442. The van der Waals surface area contributed by atoms with Gasteiger partial charge in [-0.25, -0.2) is 12.8 Å². The summed E-state index contributed by atoms with van der Waals surface area (Å²) in [7, 11) is -4.09. The van der Waals surface area contributed by atoms with Gasteiger partial charge in [-0.1, -0.05) is 18.2 Å². The van der Waals surface area contributed by atoms with Crippen LogP contribution >= 0.6 is 0 Å². The zero-order valence-electron chi connectivity index (χ0n) is 11.6. The molecule has 8 heteroatoms. The monoisotopic (exact) mass is 324 g/mol. The topological polar surface area (TPSA) is 80.5 Å². The van der Waals surface area contributed by atoms with Crippen LogP contribution in [0.5, 0.6) is 0 Å². The molecule has 0 heterocycles. The molecule has 0 atom stereocenters. The molecule has 22 heavy (non-hydrogen) atoms. The van der Waals surface area contributed by atoms with Crippen LogP contribution in [0.1, 0.15) is 6.92 Å². The van der Waals surface area contributed by atoms with Crippen molar-refractivity contribution in [1.29, 1.82) is 0 Å². The van der Waals surface area contributed by atoms with Gasteiger partial charge in [0, 0.05) is 18.7 Å². The fraction of sp³-hybridized carbons (Fsp3) is 0.143. The van der Waals surface area contributed by atoms with E-state index in [1.807, 2.05) is 0 Å². The van der Waals surface area contributed by atoms with Crippen LogP contribution in [-0.4, -0.2) is 19.9 Å². The number of rotatable bonds is 5. The predicted octanol–water partition coefficient (Wildman–Crippen LogP) is 2.95. The van der Waals surface area contributed by atoms with Gasteiger partial charge >= 0.3 is 0 Å². The van der Waals surface area contributed by atoms with Crippen LogP contribution in [0.2, 0.25) is 0 Å². The molecular weight excluding hydrogens is 311 g/mol. The van der Waals surface area contributed by atoms with Crippen molar-refractivity contribution < 1.29 is 17.7 Å². The van der Waals surface area contributed by atoms with E-state index < -0.39 is 20.8 Å². The molecule has 0 spiro atoms. The van der Waals surface area contributed by atoms with E-state index in [-0.39, 0.29) is 22.8 Å². The minimum Gasteiger partial charge on any atom is -0.264 e. The van der Waals surface area contributed by atoms with E-state index in [0.29, 0.717) is 0 Å². The summed E-state index contributed by atoms with van der Waals surface area (Å²) in [6.07, 6.45) is 0. The van der Waals surface area contributed by atoms with Crippen molar-refractivity contribution in [3.05, 3.63) is 64.5 Å². The van der Waals surface area contributed by atoms with Crippen LogP contribution in [0.3, 0.4) is 0 Å². The van der Waals surface area contributed by atoms with Crippen LogP contribution in [-0.2, 0) is 10.0 Å². The summed E-state index contributed by atoms with van der Waals surface area (Å²) in [5.74, 6) is -0.682. The van der Waals surface area contributed by atoms with Gasteiger partial charge in [0.25, 0.3) is 15.7 Å². The summed E-state index contributed by atoms with van der Waals surface area (Å²) >= 11 is 0. The lowest BCUT2D eigenvalue weighted by Gasteiger charge is -2.23. The molecule has 0 aliphatic heterocycles. The van der Waals surface area contributed by atoms with Gasteiger partial charge in [-0.3, -0.25) is 14.4 Å². The maximum Gasteiger partial charge on any atom is 0.270 e. The molecule has 0 aliphatic rings. The van der Waals surface area contributed by atoms with E-state index in [9.17, 15) is 22.9 Å². The highest BCUT2D eigenvalue weighted by Crippen LogP contribution is 2.27. The van der Waals surface area contributed by atoms with Gasteiger partial charge in [0.2, 0.25) is 0 Å². The molecule has 2 aromatic carbocycles. The fourth-order valence-corrected chi connectivity index (χ4v) is 3.53. The summed E-state index contributed by atoms with van der Waals surface area (Å²) < 4.78 is 40.0. The van der Waals surface area contributed by atoms with E-state index in [0.717, 1.165) is 16.4 Å². The number of non-ortho nitro benzene ring substituents is 1. The van der Waals surface area contributed by atoms with Crippen LogP contribution in [0.4, 0.5) is 15.8 Å². The van der Waals surface area contributed by atoms with Gasteiger partial charge in [-0.15, -0.1) is 0 Å². The first-order chi connectivity index (χ1) is 10.4. The number of halogens is 1. The second-order valence-electron chi connectivity index (χ2n) is 4.38. The van der Waals surface area contributed by atoms with Crippen LogP contribution in [0.25, 0.3) is 0 Å². The van der Waals surface area contributed by atoms with Crippen molar-refractivity contribution in [1.82, 2.24) is 0 Å². The van der Waals surface area contributed by atoms with Gasteiger partial charge in [0.15, 0.2) is 0 Å². The first-order valence-corrected chi connectivity index (χ1v) is 7.83. The van der Waals surface area contributed by atoms with Crippen molar-refractivity contribution in [3.8, 4) is 0 Å². The van der Waals surface area contributed by atoms with Gasteiger partial charge in [0.1, 0.15) is 5.82 Å². The highest BCUT2D eigenvalue weighted by molar-refractivity contribution is 7.92. The predicted molar refractivity (Wildman–Crippen MR) is 79.7 cm³/mol. The Morgan fingerprint density at radius 3 is 2.45 bits per heavy atom. The van der Waals surface area contributed by atoms with Gasteiger partial charge in [0.05, 0.1) is 15.5 Å². The number of benzene rings is 2. The lowest BCUT2D eigenvalue weighted by Crippen LogP contribution is -2.31. The molecule has 116 valence electrons. The minimum atomic E-state index is -4.09. The number of nitrogens with zero attached hydrogens (tertiary/aromatic N) is 2. The molecule has 0 aromatic heterocycles. The van der Waals surface area contributed by atoms with E-state index in [4.69, 9.17) is 0 Å². The summed E-state index contributed by atoms with van der Waals surface area (Å²) in [5, 5.41) is 10.8. The molecule has 0 fully saturated rings. The molecule has 0 radical (unpaired) electrons. The maximum absolute atomic E-state index is 13.9. The molecule has 6 nitrogen and oxygen atoms in total. The molecule has 0 amide bonds. The lowest BCUT2D eigenvalue weighted by molar-refractivity contribution is -0.385. The number of sulfonamides is 1. The zero-order chi connectivity index (χ0) is 16.3. The molecule has 2 aromatic rings. The molecule has 0 bridgehead atoms. The zero-order valence-corrected chi connectivity index (χ0v) is 12.5. The molecule has 0 aliphatic carbocycles. The smallest absolute Gasteiger partial charge is 0.264 e. The number of para-hydroxylation sites is 1. The Labute approximate surface area is 127 Å². The maximum atomic E-state index is 13.9. The Balaban J connectivity index is 2.55. The molecule has 0 saturated heterocycles. The van der Waals surface area contributed by atoms with Crippen molar-refractivity contribution >= 4 is 21.4 Å². The third kappa shape index (κ3) is 2.91. The third-order valence-corrected chi connectivity index (χ3v) is 4.91. The second-order valence-corrected chi connectivity index (χ2v) is 6.24. The quantitative estimate of drug-likeness (QED) is 0.625. The van der Waals surface area contributed by atoms with Crippen LogP contribution in [0, 0.1) is 15.9 Å². The Bertz CT molecular complexity index is 808. The Hall–Kier alpha value is -2.48. The molecule has 0 N–H and O–H groups in total. The summed E-state index contributed by atoms with van der Waals surface area (Å²) in [4.78, 5) is 9.84.